The van der Waals surface area contributed by atoms with Crippen LogP contribution < -0.4 is 9.64 Å². The minimum atomic E-state index is -0.322. The summed E-state index contributed by atoms with van der Waals surface area (Å²) in [6, 6.07) is 13.3. The van der Waals surface area contributed by atoms with Gasteiger partial charge in [-0.25, -0.2) is 14.4 Å². The molecule has 1 aliphatic heterocycles. The van der Waals surface area contributed by atoms with Crippen LogP contribution in [0.4, 0.5) is 10.2 Å². The predicted molar refractivity (Wildman–Crippen MR) is 129 cm³/mol. The van der Waals surface area contributed by atoms with Gasteiger partial charge in [-0.05, 0) is 55.0 Å². The first-order chi connectivity index (χ1) is 17.1. The summed E-state index contributed by atoms with van der Waals surface area (Å²) in [5.41, 5.74) is 2.42. The molecule has 0 spiro atoms. The van der Waals surface area contributed by atoms with E-state index in [2.05, 4.69) is 32.1 Å². The Morgan fingerprint density at radius 1 is 1.00 bits per heavy atom. The van der Waals surface area contributed by atoms with Gasteiger partial charge in [0.2, 0.25) is 0 Å². The molecule has 0 N–H and O–H groups in total. The highest BCUT2D eigenvalue weighted by atomic mass is 19.1. The van der Waals surface area contributed by atoms with Crippen LogP contribution in [0, 0.1) is 5.82 Å². The zero-order valence-corrected chi connectivity index (χ0v) is 19.5. The molecule has 1 fully saturated rings. The summed E-state index contributed by atoms with van der Waals surface area (Å²) in [4.78, 5) is 25.7. The van der Waals surface area contributed by atoms with Crippen molar-refractivity contribution in [3.8, 4) is 11.4 Å². The smallest absolute Gasteiger partial charge is 0.253 e. The summed E-state index contributed by atoms with van der Waals surface area (Å²) in [5.74, 6) is 1.13. The summed E-state index contributed by atoms with van der Waals surface area (Å²) in [6.45, 7) is 5.14. The van der Waals surface area contributed by atoms with Crippen molar-refractivity contribution in [1.29, 1.82) is 0 Å². The Kier molecular flexibility index (Phi) is 6.51. The maximum Gasteiger partial charge on any atom is 0.253 e. The molecule has 2 aromatic heterocycles. The summed E-state index contributed by atoms with van der Waals surface area (Å²) >= 11 is 0. The lowest BCUT2D eigenvalue weighted by Gasteiger charge is -2.35. The Morgan fingerprint density at radius 3 is 2.46 bits per heavy atom. The van der Waals surface area contributed by atoms with E-state index in [1.54, 1.807) is 16.8 Å². The van der Waals surface area contributed by atoms with Gasteiger partial charge < -0.3 is 14.5 Å². The second-order valence-corrected chi connectivity index (χ2v) is 8.35. The Labute approximate surface area is 202 Å². The number of benzene rings is 2. The molecule has 5 rings (SSSR count). The molecule has 0 atom stereocenters. The number of nitrogens with zero attached hydrogens (tertiary/aromatic N) is 7. The minimum absolute atomic E-state index is 0.000142. The van der Waals surface area contributed by atoms with E-state index in [-0.39, 0.29) is 11.7 Å². The highest BCUT2D eigenvalue weighted by molar-refractivity contribution is 5.94. The van der Waals surface area contributed by atoms with E-state index in [0.29, 0.717) is 61.0 Å². The lowest BCUT2D eigenvalue weighted by Crippen LogP contribution is -2.49. The van der Waals surface area contributed by atoms with Gasteiger partial charge in [0.05, 0.1) is 12.3 Å². The van der Waals surface area contributed by atoms with E-state index in [9.17, 15) is 9.18 Å². The molecule has 0 radical (unpaired) electrons. The zero-order chi connectivity index (χ0) is 24.2. The Bertz CT molecular complexity index is 1300. The van der Waals surface area contributed by atoms with Gasteiger partial charge in [-0.1, -0.05) is 18.6 Å². The van der Waals surface area contributed by atoms with Crippen LogP contribution in [0.2, 0.25) is 0 Å². The number of rotatable bonds is 7. The fourth-order valence-corrected chi connectivity index (χ4v) is 4.06. The highest BCUT2D eigenvalue weighted by Crippen LogP contribution is 2.24. The normalized spacial score (nSPS) is 13.9. The first kappa shape index (κ1) is 22.7. The third-order valence-corrected chi connectivity index (χ3v) is 6.02. The van der Waals surface area contributed by atoms with Crippen LogP contribution in [0.5, 0.6) is 5.75 Å². The average Bonchev–Trinajstić information content (AvgIpc) is 3.34. The molecule has 0 unspecified atom stereocenters. The van der Waals surface area contributed by atoms with Gasteiger partial charge in [-0.2, -0.15) is 4.68 Å². The molecule has 0 saturated carbocycles. The molecular weight excluding hydrogens is 449 g/mol. The van der Waals surface area contributed by atoms with E-state index < -0.39 is 0 Å². The standard InChI is InChI=1S/C25H26FN7O2/c1-2-3-16-35-21-10-4-18(5-11-21)25(34)32-14-12-31(13-15-32)23-22-24(28-17-27-23)33(30-29-22)20-8-6-19(26)7-9-20/h4-11,17H,2-3,12-16H2,1H3. The maximum atomic E-state index is 13.3. The SMILES string of the molecule is CCCCOc1ccc(C(=O)N2CCN(c3ncnc4c3nnn4-c3ccc(F)cc3)CC2)cc1. The van der Waals surface area contributed by atoms with Crippen molar-refractivity contribution >= 4 is 22.9 Å². The monoisotopic (exact) mass is 475 g/mol. The maximum absolute atomic E-state index is 13.3. The fourth-order valence-electron chi connectivity index (χ4n) is 4.06. The van der Waals surface area contributed by atoms with Crippen molar-refractivity contribution in [1.82, 2.24) is 29.9 Å². The molecule has 9 nitrogen and oxygen atoms in total. The number of hydrogen-bond acceptors (Lipinski definition) is 7. The van der Waals surface area contributed by atoms with Crippen molar-refractivity contribution < 1.29 is 13.9 Å². The molecular formula is C25H26FN7O2. The number of hydrogen-bond donors (Lipinski definition) is 0. The first-order valence-corrected chi connectivity index (χ1v) is 11.7. The Hall–Kier alpha value is -4.08. The van der Waals surface area contributed by atoms with Crippen LogP contribution in [0.1, 0.15) is 30.1 Å². The number of ether oxygens (including phenoxy) is 1. The van der Waals surface area contributed by atoms with Gasteiger partial charge >= 0.3 is 0 Å². The van der Waals surface area contributed by atoms with Crippen LogP contribution in [-0.4, -0.2) is 68.6 Å². The number of unbranched alkanes of at least 4 members (excludes halogenated alkanes) is 1. The average molecular weight is 476 g/mol. The molecule has 3 heterocycles. The number of carbonyl (C=O) groups is 1. The van der Waals surface area contributed by atoms with Crippen LogP contribution >= 0.6 is 0 Å². The lowest BCUT2D eigenvalue weighted by molar-refractivity contribution is 0.0746. The predicted octanol–water partition coefficient (Wildman–Crippen LogP) is 3.49. The van der Waals surface area contributed by atoms with Gasteiger partial charge in [0.15, 0.2) is 17.0 Å². The fraction of sp³-hybridized carbons (Fsp3) is 0.320. The largest absolute Gasteiger partial charge is 0.494 e. The van der Waals surface area contributed by atoms with Crippen molar-refractivity contribution in [2.45, 2.75) is 19.8 Å². The van der Waals surface area contributed by atoms with E-state index in [1.807, 2.05) is 29.2 Å². The number of carbonyl (C=O) groups excluding carboxylic acids is 1. The summed E-state index contributed by atoms with van der Waals surface area (Å²) < 4.78 is 20.6. The van der Waals surface area contributed by atoms with Crippen LogP contribution in [-0.2, 0) is 0 Å². The quantitative estimate of drug-likeness (QED) is 0.378. The molecule has 4 aromatic rings. The summed E-state index contributed by atoms with van der Waals surface area (Å²) in [7, 11) is 0. The number of anilines is 1. The van der Waals surface area contributed by atoms with Crippen LogP contribution in [0.3, 0.4) is 0 Å². The summed E-state index contributed by atoms with van der Waals surface area (Å²) in [5, 5.41) is 8.49. The minimum Gasteiger partial charge on any atom is -0.494 e. The molecule has 1 aliphatic rings. The zero-order valence-electron chi connectivity index (χ0n) is 19.5. The summed E-state index contributed by atoms with van der Waals surface area (Å²) in [6.07, 6.45) is 3.56. The molecule has 35 heavy (non-hydrogen) atoms. The van der Waals surface area contributed by atoms with Crippen molar-refractivity contribution in [3.05, 3.63) is 66.2 Å². The molecule has 1 amide bonds. The van der Waals surface area contributed by atoms with Gasteiger partial charge in [0, 0.05) is 31.7 Å². The number of halogens is 1. The Morgan fingerprint density at radius 2 is 1.74 bits per heavy atom. The number of piperazine rings is 1. The molecule has 0 aliphatic carbocycles. The van der Waals surface area contributed by atoms with Crippen molar-refractivity contribution in [2.24, 2.45) is 0 Å². The van der Waals surface area contributed by atoms with Crippen molar-refractivity contribution in [3.63, 3.8) is 0 Å². The molecule has 0 bridgehead atoms. The van der Waals surface area contributed by atoms with Gasteiger partial charge in [0.1, 0.15) is 17.9 Å². The van der Waals surface area contributed by atoms with E-state index in [0.717, 1.165) is 18.6 Å². The van der Waals surface area contributed by atoms with Gasteiger partial charge in [-0.3, -0.25) is 4.79 Å². The third-order valence-electron chi connectivity index (χ3n) is 6.02. The number of amides is 1. The third kappa shape index (κ3) is 4.77. The van der Waals surface area contributed by atoms with Gasteiger partial charge in [-0.15, -0.1) is 5.10 Å². The number of fused-ring (bicyclic) bond motifs is 1. The Balaban J connectivity index is 1.26. The highest BCUT2D eigenvalue weighted by Gasteiger charge is 2.25. The first-order valence-electron chi connectivity index (χ1n) is 11.7. The second-order valence-electron chi connectivity index (χ2n) is 8.35. The van der Waals surface area contributed by atoms with Crippen molar-refractivity contribution in [2.75, 3.05) is 37.7 Å². The van der Waals surface area contributed by atoms with Crippen LogP contribution in [0.25, 0.3) is 16.9 Å². The van der Waals surface area contributed by atoms with Gasteiger partial charge in [0.25, 0.3) is 5.91 Å². The lowest BCUT2D eigenvalue weighted by atomic mass is 10.1. The molecule has 2 aromatic carbocycles. The van der Waals surface area contributed by atoms with Crippen LogP contribution in [0.15, 0.2) is 54.9 Å². The second kappa shape index (κ2) is 10.0. The number of aromatic nitrogens is 5. The molecule has 1 saturated heterocycles. The van der Waals surface area contributed by atoms with E-state index >= 15 is 0 Å². The van der Waals surface area contributed by atoms with E-state index in [1.165, 1.54) is 18.5 Å². The molecule has 180 valence electrons. The topological polar surface area (TPSA) is 89.3 Å². The van der Waals surface area contributed by atoms with E-state index in [4.69, 9.17) is 4.74 Å². The molecule has 10 heteroatoms.